The molecule has 0 heterocycles. The summed E-state index contributed by atoms with van der Waals surface area (Å²) in [5.74, 6) is -1.41. The first-order chi connectivity index (χ1) is 14.0. The van der Waals surface area contributed by atoms with Gasteiger partial charge in [-0.3, -0.25) is 25.2 Å². The van der Waals surface area contributed by atoms with Crippen LogP contribution in [0.2, 0.25) is 0 Å². The van der Waals surface area contributed by atoms with E-state index in [0.29, 0.717) is 11.1 Å². The molecule has 0 unspecified atom stereocenters. The van der Waals surface area contributed by atoms with E-state index in [1.807, 2.05) is 45.0 Å². The van der Waals surface area contributed by atoms with Crippen LogP contribution in [0.5, 0.6) is 0 Å². The quantitative estimate of drug-likeness (QED) is 0.661. The van der Waals surface area contributed by atoms with E-state index in [1.165, 1.54) is 0 Å². The van der Waals surface area contributed by atoms with E-state index in [9.17, 15) is 14.4 Å². The lowest BCUT2D eigenvalue weighted by Gasteiger charge is -2.22. The lowest BCUT2D eigenvalue weighted by molar-refractivity contribution is -0.124. The van der Waals surface area contributed by atoms with Crippen molar-refractivity contribution in [3.63, 3.8) is 0 Å². The number of nitrogens with one attached hydrogen (secondary N) is 3. The summed E-state index contributed by atoms with van der Waals surface area (Å²) >= 11 is 0. The van der Waals surface area contributed by atoms with Crippen LogP contribution in [0.1, 0.15) is 66.5 Å². The summed E-state index contributed by atoms with van der Waals surface area (Å²) in [6, 6.07) is 13.5. The highest BCUT2D eigenvalue weighted by Crippen LogP contribution is 2.22. The molecule has 0 aromatic heterocycles. The number of rotatable bonds is 5. The lowest BCUT2D eigenvalue weighted by Crippen LogP contribution is -2.54. The Kier molecular flexibility index (Phi) is 7.38. The molecule has 0 aliphatic heterocycles. The van der Waals surface area contributed by atoms with Gasteiger partial charge in [-0.05, 0) is 48.1 Å². The van der Waals surface area contributed by atoms with Gasteiger partial charge in [0, 0.05) is 11.1 Å². The Morgan fingerprint density at radius 1 is 0.767 bits per heavy atom. The number of aryl methyl sites for hydroxylation is 1. The predicted molar refractivity (Wildman–Crippen MR) is 118 cm³/mol. The molecule has 2 aromatic rings. The Morgan fingerprint density at radius 2 is 1.27 bits per heavy atom. The summed E-state index contributed by atoms with van der Waals surface area (Å²) in [6.07, 6.45) is 0. The Morgan fingerprint density at radius 3 is 1.77 bits per heavy atom. The number of hydrazine groups is 1. The molecule has 1 atom stereocenters. The summed E-state index contributed by atoms with van der Waals surface area (Å²) in [5.41, 5.74) is 7.87. The van der Waals surface area contributed by atoms with Crippen molar-refractivity contribution in [2.75, 3.05) is 0 Å². The monoisotopic (exact) mass is 409 g/mol. The van der Waals surface area contributed by atoms with Crippen LogP contribution < -0.4 is 16.2 Å². The van der Waals surface area contributed by atoms with E-state index >= 15 is 0 Å². The van der Waals surface area contributed by atoms with Gasteiger partial charge < -0.3 is 5.32 Å². The Bertz CT molecular complexity index is 895. The molecular weight excluding hydrogens is 378 g/mol. The van der Waals surface area contributed by atoms with Gasteiger partial charge in [-0.25, -0.2) is 0 Å². The zero-order valence-corrected chi connectivity index (χ0v) is 18.5. The molecule has 6 heteroatoms. The van der Waals surface area contributed by atoms with E-state index in [0.717, 1.165) is 11.1 Å². The molecule has 6 nitrogen and oxygen atoms in total. The van der Waals surface area contributed by atoms with Crippen LogP contribution in [0.4, 0.5) is 0 Å². The fraction of sp³-hybridized carbons (Fsp3) is 0.375. The highest BCUT2D eigenvalue weighted by molar-refractivity contribution is 5.99. The molecular formula is C24H31N3O3. The third-order valence-electron chi connectivity index (χ3n) is 4.86. The number of hydrogen-bond acceptors (Lipinski definition) is 3. The van der Waals surface area contributed by atoms with Crippen molar-refractivity contribution in [1.29, 1.82) is 0 Å². The van der Waals surface area contributed by atoms with Crippen LogP contribution in [-0.2, 0) is 10.2 Å². The number of benzene rings is 2. The third kappa shape index (κ3) is 6.17. The van der Waals surface area contributed by atoms with Crippen molar-refractivity contribution < 1.29 is 14.4 Å². The highest BCUT2D eigenvalue weighted by atomic mass is 16.2. The summed E-state index contributed by atoms with van der Waals surface area (Å²) < 4.78 is 0. The number of carbonyl (C=O) groups is 3. The second kappa shape index (κ2) is 9.57. The van der Waals surface area contributed by atoms with Gasteiger partial charge in [0.05, 0.1) is 0 Å². The van der Waals surface area contributed by atoms with Gasteiger partial charge in [-0.1, -0.05) is 64.4 Å². The van der Waals surface area contributed by atoms with Gasteiger partial charge >= 0.3 is 0 Å². The SMILES string of the molecule is Cc1ccc(C(=O)NNC(=O)[C@H](NC(=O)c2ccc(C(C)(C)C)cc2)C(C)C)cc1. The average Bonchev–Trinajstić information content (AvgIpc) is 2.69. The molecule has 0 saturated heterocycles. The van der Waals surface area contributed by atoms with E-state index in [1.54, 1.807) is 24.3 Å². The lowest BCUT2D eigenvalue weighted by atomic mass is 9.86. The van der Waals surface area contributed by atoms with Gasteiger partial charge in [0.15, 0.2) is 0 Å². The van der Waals surface area contributed by atoms with Gasteiger partial charge in [0.2, 0.25) is 0 Å². The van der Waals surface area contributed by atoms with Crippen LogP contribution in [0.25, 0.3) is 0 Å². The fourth-order valence-electron chi connectivity index (χ4n) is 2.85. The normalized spacial score (nSPS) is 12.2. The van der Waals surface area contributed by atoms with Crippen LogP contribution in [0, 0.1) is 12.8 Å². The highest BCUT2D eigenvalue weighted by Gasteiger charge is 2.25. The Hall–Kier alpha value is -3.15. The topological polar surface area (TPSA) is 87.3 Å². The third-order valence-corrected chi connectivity index (χ3v) is 4.86. The second-order valence-electron chi connectivity index (χ2n) is 8.83. The summed E-state index contributed by atoms with van der Waals surface area (Å²) in [7, 11) is 0. The standard InChI is InChI=1S/C24H31N3O3/c1-15(2)20(23(30)27-26-22(29)18-9-7-16(3)8-10-18)25-21(28)17-11-13-19(14-12-17)24(4,5)6/h7-15,20H,1-6H3,(H,25,28)(H,26,29)(H,27,30)/t20-/m1/s1. The average molecular weight is 410 g/mol. The minimum absolute atomic E-state index is 0.00891. The summed E-state index contributed by atoms with van der Waals surface area (Å²) in [5, 5.41) is 2.76. The number of hydrogen-bond donors (Lipinski definition) is 3. The van der Waals surface area contributed by atoms with Crippen molar-refractivity contribution in [2.24, 2.45) is 5.92 Å². The summed E-state index contributed by atoms with van der Waals surface area (Å²) in [6.45, 7) is 11.9. The summed E-state index contributed by atoms with van der Waals surface area (Å²) in [4.78, 5) is 37.4. The van der Waals surface area contributed by atoms with E-state index in [2.05, 4.69) is 36.9 Å². The molecule has 0 fully saturated rings. The molecule has 160 valence electrons. The molecule has 0 aliphatic carbocycles. The van der Waals surface area contributed by atoms with Gasteiger partial charge in [0.25, 0.3) is 17.7 Å². The number of amides is 3. The van der Waals surface area contributed by atoms with E-state index in [4.69, 9.17) is 0 Å². The zero-order valence-electron chi connectivity index (χ0n) is 18.5. The fourth-order valence-corrected chi connectivity index (χ4v) is 2.85. The largest absolute Gasteiger partial charge is 0.340 e. The van der Waals surface area contributed by atoms with Gasteiger partial charge in [0.1, 0.15) is 6.04 Å². The van der Waals surface area contributed by atoms with Crippen molar-refractivity contribution in [3.8, 4) is 0 Å². The van der Waals surface area contributed by atoms with E-state index < -0.39 is 17.9 Å². The molecule has 0 radical (unpaired) electrons. The molecule has 0 saturated carbocycles. The molecule has 30 heavy (non-hydrogen) atoms. The molecule has 0 bridgehead atoms. The van der Waals surface area contributed by atoms with Gasteiger partial charge in [-0.2, -0.15) is 0 Å². The molecule has 2 rings (SSSR count). The molecule has 3 amide bonds. The molecule has 0 aliphatic rings. The maximum atomic E-state index is 12.6. The van der Waals surface area contributed by atoms with Crippen LogP contribution >= 0.6 is 0 Å². The first kappa shape index (κ1) is 23.1. The molecule has 0 spiro atoms. The maximum Gasteiger partial charge on any atom is 0.269 e. The minimum Gasteiger partial charge on any atom is -0.340 e. The first-order valence-electron chi connectivity index (χ1n) is 10.1. The second-order valence-corrected chi connectivity index (χ2v) is 8.83. The molecule has 2 aromatic carbocycles. The van der Waals surface area contributed by atoms with Crippen molar-refractivity contribution in [1.82, 2.24) is 16.2 Å². The van der Waals surface area contributed by atoms with Gasteiger partial charge in [-0.15, -0.1) is 0 Å². The van der Waals surface area contributed by atoms with E-state index in [-0.39, 0.29) is 17.2 Å². The zero-order chi connectivity index (χ0) is 22.5. The van der Waals surface area contributed by atoms with Crippen LogP contribution in [0.3, 0.4) is 0 Å². The van der Waals surface area contributed by atoms with Crippen molar-refractivity contribution in [3.05, 3.63) is 70.8 Å². The maximum absolute atomic E-state index is 12.6. The number of carbonyl (C=O) groups excluding carboxylic acids is 3. The molecule has 3 N–H and O–H groups in total. The van der Waals surface area contributed by atoms with Crippen LogP contribution in [0.15, 0.2) is 48.5 Å². The predicted octanol–water partition coefficient (Wildman–Crippen LogP) is 3.51. The van der Waals surface area contributed by atoms with Crippen LogP contribution in [-0.4, -0.2) is 23.8 Å². The Balaban J connectivity index is 2.00. The smallest absolute Gasteiger partial charge is 0.269 e. The first-order valence-corrected chi connectivity index (χ1v) is 10.1. The van der Waals surface area contributed by atoms with Crippen molar-refractivity contribution in [2.45, 2.75) is 53.0 Å². The Labute approximate surface area is 178 Å². The minimum atomic E-state index is -0.793. The van der Waals surface area contributed by atoms with Crippen molar-refractivity contribution >= 4 is 17.7 Å².